The van der Waals surface area contributed by atoms with Gasteiger partial charge >= 0.3 is 18.3 Å². The van der Waals surface area contributed by atoms with Gasteiger partial charge in [-0.1, -0.05) is 6.92 Å². The zero-order valence-corrected chi connectivity index (χ0v) is 10.2. The quantitative estimate of drug-likeness (QED) is 0.297. The fourth-order valence-corrected chi connectivity index (χ4v) is 0.886. The number of hydrogen-bond acceptors (Lipinski definition) is 4. The maximum Gasteiger partial charge on any atom is 0.479 e. The Bertz CT molecular complexity index is 264. The molecule has 0 bridgehead atoms. The largest absolute Gasteiger partial charge is 0.479 e. The molecule has 3 N–H and O–H groups in total. The molecule has 0 aromatic heterocycles. The summed E-state index contributed by atoms with van der Waals surface area (Å²) >= 11 is 0. The van der Waals surface area contributed by atoms with Gasteiger partial charge in [-0.3, -0.25) is 4.74 Å². The van der Waals surface area contributed by atoms with Crippen molar-refractivity contribution in [2.24, 2.45) is 5.73 Å². The molecule has 0 rings (SSSR count). The van der Waals surface area contributed by atoms with Crippen LogP contribution in [0.1, 0.15) is 26.2 Å². The second-order valence-corrected chi connectivity index (χ2v) is 3.62. The molecule has 1 atom stereocenters. The number of alkyl halides is 6. The van der Waals surface area contributed by atoms with Gasteiger partial charge in [0.1, 0.15) is 0 Å². The lowest BCUT2D eigenvalue weighted by atomic mass is 10.3. The van der Waals surface area contributed by atoms with E-state index >= 15 is 0 Å². The molecule has 19 heavy (non-hydrogen) atoms. The van der Waals surface area contributed by atoms with E-state index in [-0.39, 0.29) is 19.5 Å². The van der Waals surface area contributed by atoms with Crippen LogP contribution in [-0.4, -0.2) is 31.4 Å². The first-order chi connectivity index (χ1) is 8.58. The highest BCUT2D eigenvalue weighted by atomic mass is 19.4. The monoisotopic (exact) mass is 298 g/mol. The summed E-state index contributed by atoms with van der Waals surface area (Å²) in [4.78, 5) is 3.59. The summed E-state index contributed by atoms with van der Waals surface area (Å²) in [5.41, 5.74) is 6.73. The fraction of sp³-hybridized carbons (Fsp3) is 1.00. The van der Waals surface area contributed by atoms with Gasteiger partial charge in [0.05, 0.1) is 0 Å². The van der Waals surface area contributed by atoms with E-state index in [2.05, 4.69) is 9.57 Å². The third-order valence-electron chi connectivity index (χ3n) is 1.97. The molecule has 1 unspecified atom stereocenters. The molecule has 0 amide bonds. The van der Waals surface area contributed by atoms with Crippen molar-refractivity contribution in [2.45, 2.75) is 44.5 Å². The smallest absolute Gasteiger partial charge is 0.330 e. The number of nitrogens with two attached hydrogens (primary N) is 1. The first-order valence-corrected chi connectivity index (χ1v) is 5.52. The molecule has 10 heteroatoms. The maximum absolute atomic E-state index is 13.4. The van der Waals surface area contributed by atoms with Crippen molar-refractivity contribution in [3.05, 3.63) is 0 Å². The Morgan fingerprint density at radius 2 is 1.63 bits per heavy atom. The van der Waals surface area contributed by atoms with Gasteiger partial charge in [-0.05, 0) is 19.4 Å². The van der Waals surface area contributed by atoms with Crippen LogP contribution in [0.5, 0.6) is 0 Å². The van der Waals surface area contributed by atoms with Crippen molar-refractivity contribution in [3.63, 3.8) is 0 Å². The summed E-state index contributed by atoms with van der Waals surface area (Å²) in [5.74, 6) is 0. The Kier molecular flexibility index (Phi) is 7.05. The van der Waals surface area contributed by atoms with Crippen molar-refractivity contribution in [2.75, 3.05) is 13.1 Å². The highest BCUT2D eigenvalue weighted by Crippen LogP contribution is 2.40. The summed E-state index contributed by atoms with van der Waals surface area (Å²) in [5, 5.41) is 0. The third kappa shape index (κ3) is 6.41. The van der Waals surface area contributed by atoms with E-state index in [1.165, 1.54) is 0 Å². The molecule has 0 aliphatic carbocycles. The van der Waals surface area contributed by atoms with Crippen LogP contribution < -0.4 is 11.2 Å². The van der Waals surface area contributed by atoms with Gasteiger partial charge in [-0.2, -0.15) is 31.8 Å². The van der Waals surface area contributed by atoms with Crippen LogP contribution in [0.15, 0.2) is 0 Å². The molecule has 0 aliphatic rings. The fourth-order valence-electron chi connectivity index (χ4n) is 0.886. The highest BCUT2D eigenvalue weighted by Gasteiger charge is 2.64. The molecular weight excluding hydrogens is 282 g/mol. The first kappa shape index (κ1) is 18.4. The Hall–Kier alpha value is -0.580. The van der Waals surface area contributed by atoms with Crippen LogP contribution in [0, 0.1) is 0 Å². The zero-order chi connectivity index (χ0) is 15.2. The number of halogens is 6. The third-order valence-corrected chi connectivity index (χ3v) is 1.97. The Labute approximate surface area is 106 Å². The maximum atomic E-state index is 13.4. The summed E-state index contributed by atoms with van der Waals surface area (Å²) in [7, 11) is 0. The van der Waals surface area contributed by atoms with Crippen molar-refractivity contribution in [3.8, 4) is 0 Å². The molecule has 0 radical (unpaired) electrons. The molecule has 116 valence electrons. The molecule has 0 saturated heterocycles. The van der Waals surface area contributed by atoms with Crippen LogP contribution in [-0.2, 0) is 9.57 Å². The number of rotatable bonds is 9. The van der Waals surface area contributed by atoms with Crippen molar-refractivity contribution in [1.29, 1.82) is 0 Å². The van der Waals surface area contributed by atoms with Crippen LogP contribution in [0.3, 0.4) is 0 Å². The van der Waals surface area contributed by atoms with E-state index in [1.54, 1.807) is 5.48 Å². The molecule has 0 aliphatic heterocycles. The summed E-state index contributed by atoms with van der Waals surface area (Å²) in [6, 6.07) is -4.92. The van der Waals surface area contributed by atoms with Gasteiger partial charge < -0.3 is 5.73 Å². The number of hydroxylamine groups is 1. The minimum Gasteiger partial charge on any atom is -0.330 e. The Balaban J connectivity index is 4.54. The normalized spacial score (nSPS) is 16.4. The second kappa shape index (κ2) is 7.27. The number of unbranched alkanes of at least 4 members (excludes halogenated alkanes) is 1. The van der Waals surface area contributed by atoms with Crippen molar-refractivity contribution < 1.29 is 35.9 Å². The molecule has 0 aromatic carbocycles. The minimum absolute atomic E-state index is 0.194. The molecule has 0 aromatic rings. The lowest BCUT2D eigenvalue weighted by Crippen LogP contribution is -2.52. The van der Waals surface area contributed by atoms with Gasteiger partial charge in [0.2, 0.25) is 0 Å². The standard InChI is InChI=1S/C9H16F6N2O2/c1-2-7(10,11)18-9(15,8(12,13)14)19-17-6-4-3-5-16/h17H,2-6,16H2,1H3. The topological polar surface area (TPSA) is 56.5 Å². The lowest BCUT2D eigenvalue weighted by molar-refractivity contribution is -0.503. The number of nitrogens with one attached hydrogen (secondary N) is 1. The molecule has 4 nitrogen and oxygen atoms in total. The van der Waals surface area contributed by atoms with Gasteiger partial charge in [0.15, 0.2) is 0 Å². The Morgan fingerprint density at radius 3 is 2.05 bits per heavy atom. The van der Waals surface area contributed by atoms with Crippen LogP contribution in [0.25, 0.3) is 0 Å². The molecule has 0 heterocycles. The van der Waals surface area contributed by atoms with Crippen LogP contribution in [0.2, 0.25) is 0 Å². The predicted molar refractivity (Wildman–Crippen MR) is 53.6 cm³/mol. The minimum atomic E-state index is -5.77. The first-order valence-electron chi connectivity index (χ1n) is 5.52. The lowest BCUT2D eigenvalue weighted by Gasteiger charge is -2.30. The van der Waals surface area contributed by atoms with Gasteiger partial charge in [-0.15, -0.1) is 0 Å². The number of hydrogen-bond donors (Lipinski definition) is 2. The van der Waals surface area contributed by atoms with Crippen LogP contribution >= 0.6 is 0 Å². The summed E-state index contributed by atoms with van der Waals surface area (Å²) in [6.07, 6.45) is -10.5. The van der Waals surface area contributed by atoms with Gasteiger partial charge in [0.25, 0.3) is 0 Å². The molecular formula is C9H16F6N2O2. The predicted octanol–water partition coefficient (Wildman–Crippen LogP) is 2.45. The molecule has 0 saturated carbocycles. The number of ether oxygens (including phenoxy) is 1. The van der Waals surface area contributed by atoms with Gasteiger partial charge in [-0.25, -0.2) is 4.84 Å². The van der Waals surface area contributed by atoms with E-state index in [4.69, 9.17) is 5.73 Å². The zero-order valence-electron chi connectivity index (χ0n) is 10.2. The van der Waals surface area contributed by atoms with E-state index in [0.717, 1.165) is 6.92 Å². The van der Waals surface area contributed by atoms with E-state index < -0.39 is 24.7 Å². The van der Waals surface area contributed by atoms with E-state index in [1.807, 2.05) is 0 Å². The molecule has 0 spiro atoms. The SMILES string of the molecule is CCC(F)(F)OC(F)(ONCCCCN)C(F)(F)F. The van der Waals surface area contributed by atoms with Crippen LogP contribution in [0.4, 0.5) is 26.3 Å². The second-order valence-electron chi connectivity index (χ2n) is 3.62. The van der Waals surface area contributed by atoms with E-state index in [9.17, 15) is 26.3 Å². The van der Waals surface area contributed by atoms with Crippen molar-refractivity contribution in [1.82, 2.24) is 5.48 Å². The highest BCUT2D eigenvalue weighted by molar-refractivity contribution is 4.68. The summed E-state index contributed by atoms with van der Waals surface area (Å²) in [6.45, 7) is 0.928. The van der Waals surface area contributed by atoms with E-state index in [0.29, 0.717) is 6.42 Å². The molecule has 0 fully saturated rings. The summed E-state index contributed by atoms with van der Waals surface area (Å²) < 4.78 is 78.9. The van der Waals surface area contributed by atoms with Gasteiger partial charge in [0, 0.05) is 13.0 Å². The average molecular weight is 298 g/mol. The Morgan fingerprint density at radius 1 is 1.05 bits per heavy atom. The average Bonchev–Trinajstić information content (AvgIpc) is 2.27. The van der Waals surface area contributed by atoms with Crippen molar-refractivity contribution >= 4 is 0 Å².